The molecule has 78 valence electrons. The molecule has 2 nitrogen and oxygen atoms in total. The summed E-state index contributed by atoms with van der Waals surface area (Å²) in [6.45, 7) is 7.66. The molecule has 0 amide bonds. The molecule has 0 aromatic heterocycles. The van der Waals surface area contributed by atoms with E-state index in [1.54, 1.807) is 0 Å². The number of rotatable bonds is 2. The predicted molar refractivity (Wildman–Crippen MR) is 58.0 cm³/mol. The van der Waals surface area contributed by atoms with Gasteiger partial charge in [0.15, 0.2) is 0 Å². The normalized spacial score (nSPS) is 10.6. The maximum absolute atomic E-state index is 9.96. The Kier molecular flexibility index (Phi) is 3.04. The molecule has 0 spiro atoms. The third-order valence-corrected chi connectivity index (χ3v) is 2.89. The zero-order valence-corrected chi connectivity index (χ0v) is 9.31. The second kappa shape index (κ2) is 3.91. The molecule has 0 atom stereocenters. The fourth-order valence-electron chi connectivity index (χ4n) is 1.97. The van der Waals surface area contributed by atoms with Crippen molar-refractivity contribution >= 4 is 0 Å². The van der Waals surface area contributed by atoms with Gasteiger partial charge in [0.25, 0.3) is 0 Å². The van der Waals surface area contributed by atoms with E-state index in [-0.39, 0.29) is 0 Å². The van der Waals surface area contributed by atoms with Crippen molar-refractivity contribution in [3.8, 4) is 11.5 Å². The molecule has 2 heteroatoms. The van der Waals surface area contributed by atoms with Crippen LogP contribution in [-0.4, -0.2) is 10.2 Å². The van der Waals surface area contributed by atoms with Gasteiger partial charge in [-0.2, -0.15) is 0 Å². The van der Waals surface area contributed by atoms with Gasteiger partial charge in [-0.1, -0.05) is 13.8 Å². The highest BCUT2D eigenvalue weighted by Gasteiger charge is 2.16. The first kappa shape index (κ1) is 10.9. The van der Waals surface area contributed by atoms with Crippen LogP contribution in [0.4, 0.5) is 0 Å². The number of aromatic hydroxyl groups is 2. The van der Waals surface area contributed by atoms with E-state index in [1.807, 2.05) is 27.7 Å². The van der Waals surface area contributed by atoms with Gasteiger partial charge in [-0.3, -0.25) is 0 Å². The molecule has 0 saturated carbocycles. The van der Waals surface area contributed by atoms with Crippen molar-refractivity contribution in [2.75, 3.05) is 0 Å². The molecule has 0 radical (unpaired) electrons. The number of phenolic OH excluding ortho intramolecular Hbond substituents is 2. The van der Waals surface area contributed by atoms with Crippen molar-refractivity contribution in [3.63, 3.8) is 0 Å². The molecule has 1 rings (SSSR count). The van der Waals surface area contributed by atoms with E-state index in [2.05, 4.69) is 0 Å². The Labute approximate surface area is 85.2 Å². The maximum Gasteiger partial charge on any atom is 0.122 e. The quantitative estimate of drug-likeness (QED) is 0.711. The van der Waals surface area contributed by atoms with Gasteiger partial charge in [0.1, 0.15) is 11.5 Å². The zero-order valence-electron chi connectivity index (χ0n) is 9.31. The molecular weight excluding hydrogens is 176 g/mol. The molecule has 0 aliphatic heterocycles. The summed E-state index contributed by atoms with van der Waals surface area (Å²) >= 11 is 0. The van der Waals surface area contributed by atoms with Gasteiger partial charge in [0.2, 0.25) is 0 Å². The molecule has 2 N–H and O–H groups in total. The van der Waals surface area contributed by atoms with Gasteiger partial charge in [-0.25, -0.2) is 0 Å². The van der Waals surface area contributed by atoms with Crippen molar-refractivity contribution in [1.29, 1.82) is 0 Å². The number of phenols is 2. The van der Waals surface area contributed by atoms with Crippen molar-refractivity contribution in [3.05, 3.63) is 22.3 Å². The topological polar surface area (TPSA) is 40.5 Å². The van der Waals surface area contributed by atoms with Crippen molar-refractivity contribution in [1.82, 2.24) is 0 Å². The minimum Gasteiger partial charge on any atom is -0.507 e. The lowest BCUT2D eigenvalue weighted by molar-refractivity contribution is 0.442. The monoisotopic (exact) mass is 194 g/mol. The van der Waals surface area contributed by atoms with E-state index in [1.165, 1.54) is 0 Å². The van der Waals surface area contributed by atoms with Crippen LogP contribution in [0.15, 0.2) is 0 Å². The fraction of sp³-hybridized carbons (Fsp3) is 0.500. The minimum absolute atomic E-state index is 0.330. The van der Waals surface area contributed by atoms with Crippen LogP contribution in [0.1, 0.15) is 36.1 Å². The highest BCUT2D eigenvalue weighted by atomic mass is 16.3. The summed E-state index contributed by atoms with van der Waals surface area (Å²) < 4.78 is 0. The van der Waals surface area contributed by atoms with Crippen molar-refractivity contribution < 1.29 is 10.2 Å². The average Bonchev–Trinajstić information content (AvgIpc) is 2.16. The van der Waals surface area contributed by atoms with Gasteiger partial charge in [0.05, 0.1) is 0 Å². The molecule has 0 heterocycles. The van der Waals surface area contributed by atoms with Gasteiger partial charge >= 0.3 is 0 Å². The molecule has 0 unspecified atom stereocenters. The number of benzene rings is 1. The Hall–Kier alpha value is -1.18. The summed E-state index contributed by atoms with van der Waals surface area (Å²) in [6, 6.07) is 0. The molecule has 1 aromatic rings. The molecule has 0 bridgehead atoms. The van der Waals surface area contributed by atoms with Crippen LogP contribution >= 0.6 is 0 Å². The molecule has 0 aliphatic rings. The van der Waals surface area contributed by atoms with Crippen LogP contribution in [0.25, 0.3) is 0 Å². The number of hydrogen-bond donors (Lipinski definition) is 2. The highest BCUT2D eigenvalue weighted by molar-refractivity contribution is 5.57. The average molecular weight is 194 g/mol. The van der Waals surface area contributed by atoms with Crippen LogP contribution in [0, 0.1) is 13.8 Å². The summed E-state index contributed by atoms with van der Waals surface area (Å²) in [4.78, 5) is 0. The Morgan fingerprint density at radius 3 is 1.43 bits per heavy atom. The molecule has 0 saturated heterocycles. The summed E-state index contributed by atoms with van der Waals surface area (Å²) in [5, 5.41) is 19.8. The van der Waals surface area contributed by atoms with Gasteiger partial charge in [-0.15, -0.1) is 0 Å². The Bertz CT molecular complexity index is 323. The van der Waals surface area contributed by atoms with Crippen molar-refractivity contribution in [2.24, 2.45) is 0 Å². The van der Waals surface area contributed by atoms with E-state index in [0.29, 0.717) is 11.5 Å². The first-order valence-electron chi connectivity index (χ1n) is 5.07. The number of hydrogen-bond acceptors (Lipinski definition) is 2. The molecule has 0 fully saturated rings. The van der Waals surface area contributed by atoms with E-state index >= 15 is 0 Å². The fourth-order valence-corrected chi connectivity index (χ4v) is 1.97. The van der Waals surface area contributed by atoms with E-state index < -0.39 is 0 Å². The molecular formula is C12H18O2. The molecule has 1 aromatic carbocycles. The predicted octanol–water partition coefficient (Wildman–Crippen LogP) is 2.84. The van der Waals surface area contributed by atoms with Gasteiger partial charge in [-0.05, 0) is 37.8 Å². The van der Waals surface area contributed by atoms with Crippen LogP contribution in [-0.2, 0) is 12.8 Å². The first-order chi connectivity index (χ1) is 6.54. The Morgan fingerprint density at radius 1 is 0.786 bits per heavy atom. The summed E-state index contributed by atoms with van der Waals surface area (Å²) in [5.74, 6) is 0.694. The van der Waals surface area contributed by atoms with Crippen LogP contribution in [0.2, 0.25) is 0 Å². The van der Waals surface area contributed by atoms with Crippen LogP contribution in [0.3, 0.4) is 0 Å². The standard InChI is InChI=1S/C12H18O2/c1-5-9-7(3)11(13)8(4)10(6-2)12(9)14/h13-14H,5-6H2,1-4H3. The van der Waals surface area contributed by atoms with Gasteiger partial charge in [0, 0.05) is 11.1 Å². The molecule has 0 aliphatic carbocycles. The van der Waals surface area contributed by atoms with Crippen LogP contribution in [0.5, 0.6) is 11.5 Å². The van der Waals surface area contributed by atoms with Gasteiger partial charge < -0.3 is 10.2 Å². The summed E-state index contributed by atoms with van der Waals surface area (Å²) in [5.41, 5.74) is 3.34. The highest BCUT2D eigenvalue weighted by Crippen LogP contribution is 2.37. The van der Waals surface area contributed by atoms with E-state index in [9.17, 15) is 10.2 Å². The maximum atomic E-state index is 9.96. The Morgan fingerprint density at radius 2 is 1.14 bits per heavy atom. The SMILES string of the molecule is CCc1c(C)c(O)c(C)c(CC)c1O. The lowest BCUT2D eigenvalue weighted by atomic mass is 9.94. The largest absolute Gasteiger partial charge is 0.507 e. The second-order valence-electron chi connectivity index (χ2n) is 3.61. The van der Waals surface area contributed by atoms with Crippen LogP contribution < -0.4 is 0 Å². The lowest BCUT2D eigenvalue weighted by Gasteiger charge is -2.15. The summed E-state index contributed by atoms with van der Waals surface area (Å²) in [7, 11) is 0. The minimum atomic E-state index is 0.330. The smallest absolute Gasteiger partial charge is 0.122 e. The summed E-state index contributed by atoms with van der Waals surface area (Å²) in [6.07, 6.45) is 1.50. The van der Waals surface area contributed by atoms with E-state index in [0.717, 1.165) is 35.1 Å². The first-order valence-corrected chi connectivity index (χ1v) is 5.07. The zero-order chi connectivity index (χ0) is 10.9. The lowest BCUT2D eigenvalue weighted by Crippen LogP contribution is -1.97. The third kappa shape index (κ3) is 1.45. The van der Waals surface area contributed by atoms with Crippen molar-refractivity contribution in [2.45, 2.75) is 40.5 Å². The third-order valence-electron chi connectivity index (χ3n) is 2.89. The Balaban J connectivity index is 3.56. The van der Waals surface area contributed by atoms with E-state index in [4.69, 9.17) is 0 Å². The second-order valence-corrected chi connectivity index (χ2v) is 3.61. The molecule has 14 heavy (non-hydrogen) atoms.